The van der Waals surface area contributed by atoms with Crippen molar-refractivity contribution < 1.29 is 4.79 Å². The molecule has 28 heavy (non-hydrogen) atoms. The highest BCUT2D eigenvalue weighted by atomic mass is 16.2. The van der Waals surface area contributed by atoms with Gasteiger partial charge in [0.25, 0.3) is 5.91 Å². The summed E-state index contributed by atoms with van der Waals surface area (Å²) in [4.78, 5) is 23.6. The first kappa shape index (κ1) is 19.5. The molecule has 0 radical (unpaired) electrons. The molecule has 0 saturated carbocycles. The first-order chi connectivity index (χ1) is 13.6. The average molecular weight is 383 g/mol. The number of nitrogens with zero attached hydrogens (tertiary/aromatic N) is 3. The summed E-state index contributed by atoms with van der Waals surface area (Å²) in [6.07, 6.45) is 7.13. The number of carbonyl (C=O) groups excluding carboxylic acids is 1. The third-order valence-corrected chi connectivity index (χ3v) is 6.41. The monoisotopic (exact) mass is 382 g/mol. The summed E-state index contributed by atoms with van der Waals surface area (Å²) in [6.45, 7) is 11.6. The van der Waals surface area contributed by atoms with Crippen LogP contribution >= 0.6 is 0 Å². The Morgan fingerprint density at radius 2 is 1.82 bits per heavy atom. The molecule has 0 bridgehead atoms. The lowest BCUT2D eigenvalue weighted by Crippen LogP contribution is -2.37. The van der Waals surface area contributed by atoms with Crippen molar-refractivity contribution in [3.05, 3.63) is 35.5 Å². The highest BCUT2D eigenvalue weighted by Crippen LogP contribution is 2.24. The largest absolute Gasteiger partial charge is 0.361 e. The van der Waals surface area contributed by atoms with Crippen molar-refractivity contribution in [2.75, 3.05) is 39.3 Å². The summed E-state index contributed by atoms with van der Waals surface area (Å²) in [5.41, 5.74) is 3.27. The van der Waals surface area contributed by atoms with Crippen LogP contribution in [0, 0.1) is 0 Å². The number of likely N-dealkylation sites (tertiary alicyclic amines) is 1. The number of hydrogen-bond donors (Lipinski definition) is 1. The van der Waals surface area contributed by atoms with E-state index in [1.807, 2.05) is 11.0 Å². The van der Waals surface area contributed by atoms with E-state index in [2.05, 4.69) is 47.0 Å². The Hall–Kier alpha value is -1.85. The molecule has 1 amide bonds. The molecule has 0 aliphatic carbocycles. The highest BCUT2D eigenvalue weighted by molar-refractivity contribution is 5.98. The van der Waals surface area contributed by atoms with E-state index in [-0.39, 0.29) is 5.91 Å². The first-order valence-corrected chi connectivity index (χ1v) is 11.0. The number of H-pyrrole nitrogens is 1. The SMILES string of the molecule is CC(C)N1CCCN(C(=O)c2ccc3[nH]cc(CN4CCCCC4)c3c2)CC1. The number of piperidine rings is 1. The second-order valence-electron chi connectivity index (χ2n) is 8.69. The molecule has 2 fully saturated rings. The van der Waals surface area contributed by atoms with E-state index in [1.165, 1.54) is 43.3 Å². The van der Waals surface area contributed by atoms with Crippen molar-refractivity contribution >= 4 is 16.8 Å². The molecule has 1 aromatic heterocycles. The van der Waals surface area contributed by atoms with E-state index < -0.39 is 0 Å². The molecule has 3 heterocycles. The number of rotatable bonds is 4. The number of aromatic amines is 1. The maximum atomic E-state index is 13.2. The van der Waals surface area contributed by atoms with E-state index in [4.69, 9.17) is 0 Å². The van der Waals surface area contributed by atoms with Crippen LogP contribution in [0.1, 0.15) is 55.5 Å². The lowest BCUT2D eigenvalue weighted by Gasteiger charge is -2.26. The fraction of sp³-hybridized carbons (Fsp3) is 0.609. The normalized spacial score (nSPS) is 20.0. The minimum atomic E-state index is 0.178. The maximum absolute atomic E-state index is 13.2. The smallest absolute Gasteiger partial charge is 0.253 e. The van der Waals surface area contributed by atoms with E-state index in [9.17, 15) is 4.79 Å². The van der Waals surface area contributed by atoms with Gasteiger partial charge in [0.2, 0.25) is 0 Å². The van der Waals surface area contributed by atoms with E-state index in [0.717, 1.165) is 50.2 Å². The zero-order chi connectivity index (χ0) is 19.5. The molecule has 1 N–H and O–H groups in total. The van der Waals surface area contributed by atoms with Gasteiger partial charge in [-0.2, -0.15) is 0 Å². The van der Waals surface area contributed by atoms with Crippen LogP contribution in [-0.4, -0.2) is 70.9 Å². The van der Waals surface area contributed by atoms with Crippen LogP contribution in [0.5, 0.6) is 0 Å². The van der Waals surface area contributed by atoms with Crippen LogP contribution in [0.15, 0.2) is 24.4 Å². The molecule has 0 unspecified atom stereocenters. The number of nitrogens with one attached hydrogen (secondary N) is 1. The van der Waals surface area contributed by atoms with Gasteiger partial charge < -0.3 is 9.88 Å². The molecule has 2 aliphatic heterocycles. The number of carbonyl (C=O) groups is 1. The average Bonchev–Trinajstić information content (AvgIpc) is 2.94. The second-order valence-corrected chi connectivity index (χ2v) is 8.69. The summed E-state index contributed by atoms with van der Waals surface area (Å²) in [6, 6.07) is 6.71. The summed E-state index contributed by atoms with van der Waals surface area (Å²) < 4.78 is 0. The van der Waals surface area contributed by atoms with Crippen molar-refractivity contribution in [3.8, 4) is 0 Å². The predicted octanol–water partition coefficient (Wildman–Crippen LogP) is 3.71. The summed E-state index contributed by atoms with van der Waals surface area (Å²) >= 11 is 0. The molecule has 5 heteroatoms. The molecular formula is C23H34N4O. The van der Waals surface area contributed by atoms with Gasteiger partial charge in [0.15, 0.2) is 0 Å². The zero-order valence-electron chi connectivity index (χ0n) is 17.4. The minimum absolute atomic E-state index is 0.178. The Balaban J connectivity index is 1.50. The summed E-state index contributed by atoms with van der Waals surface area (Å²) in [5.74, 6) is 0.178. The Bertz CT molecular complexity index is 806. The third kappa shape index (κ3) is 4.26. The van der Waals surface area contributed by atoms with E-state index >= 15 is 0 Å². The molecule has 2 aromatic rings. The van der Waals surface area contributed by atoms with Crippen LogP contribution in [-0.2, 0) is 6.54 Å². The van der Waals surface area contributed by atoms with Crippen molar-refractivity contribution in [3.63, 3.8) is 0 Å². The van der Waals surface area contributed by atoms with Crippen LogP contribution in [0.2, 0.25) is 0 Å². The van der Waals surface area contributed by atoms with Gasteiger partial charge in [0, 0.05) is 61.4 Å². The van der Waals surface area contributed by atoms with Gasteiger partial charge in [-0.15, -0.1) is 0 Å². The summed E-state index contributed by atoms with van der Waals surface area (Å²) in [7, 11) is 0. The van der Waals surface area contributed by atoms with Gasteiger partial charge in [-0.3, -0.25) is 14.6 Å². The molecule has 1 aromatic carbocycles. The highest BCUT2D eigenvalue weighted by Gasteiger charge is 2.22. The zero-order valence-corrected chi connectivity index (χ0v) is 17.4. The molecule has 2 saturated heterocycles. The van der Waals surface area contributed by atoms with Crippen molar-refractivity contribution in [1.82, 2.24) is 19.7 Å². The van der Waals surface area contributed by atoms with Gasteiger partial charge in [0.05, 0.1) is 0 Å². The van der Waals surface area contributed by atoms with Crippen molar-refractivity contribution in [2.24, 2.45) is 0 Å². The molecule has 4 rings (SSSR count). The summed E-state index contributed by atoms with van der Waals surface area (Å²) in [5, 5.41) is 1.20. The lowest BCUT2D eigenvalue weighted by atomic mass is 10.1. The molecule has 0 spiro atoms. The second kappa shape index (κ2) is 8.66. The number of aromatic nitrogens is 1. The Labute approximate surface area is 168 Å². The topological polar surface area (TPSA) is 42.6 Å². The van der Waals surface area contributed by atoms with Crippen LogP contribution in [0.25, 0.3) is 10.9 Å². The van der Waals surface area contributed by atoms with Crippen molar-refractivity contribution in [1.29, 1.82) is 0 Å². The van der Waals surface area contributed by atoms with Gasteiger partial charge in [-0.05, 0) is 70.0 Å². The molecule has 2 aliphatic rings. The van der Waals surface area contributed by atoms with Gasteiger partial charge in [-0.25, -0.2) is 0 Å². The van der Waals surface area contributed by atoms with Gasteiger partial charge in [0.1, 0.15) is 0 Å². The lowest BCUT2D eigenvalue weighted by molar-refractivity contribution is 0.0759. The molecule has 152 valence electrons. The molecular weight excluding hydrogens is 348 g/mol. The quantitative estimate of drug-likeness (QED) is 0.877. The number of hydrogen-bond acceptors (Lipinski definition) is 3. The van der Waals surface area contributed by atoms with Crippen LogP contribution in [0.3, 0.4) is 0 Å². The number of amides is 1. The maximum Gasteiger partial charge on any atom is 0.253 e. The van der Waals surface area contributed by atoms with Crippen molar-refractivity contribution in [2.45, 2.75) is 52.1 Å². The molecule has 0 atom stereocenters. The van der Waals surface area contributed by atoms with Gasteiger partial charge in [-0.1, -0.05) is 6.42 Å². The van der Waals surface area contributed by atoms with Crippen LogP contribution < -0.4 is 0 Å². The van der Waals surface area contributed by atoms with E-state index in [1.54, 1.807) is 0 Å². The number of fused-ring (bicyclic) bond motifs is 1. The Kier molecular flexibility index (Phi) is 6.02. The first-order valence-electron chi connectivity index (χ1n) is 11.0. The fourth-order valence-electron chi connectivity index (χ4n) is 4.64. The predicted molar refractivity (Wildman–Crippen MR) is 115 cm³/mol. The minimum Gasteiger partial charge on any atom is -0.361 e. The fourth-order valence-corrected chi connectivity index (χ4v) is 4.64. The Morgan fingerprint density at radius 3 is 2.61 bits per heavy atom. The Morgan fingerprint density at radius 1 is 1.00 bits per heavy atom. The third-order valence-electron chi connectivity index (χ3n) is 6.41. The number of benzene rings is 1. The van der Waals surface area contributed by atoms with E-state index in [0.29, 0.717) is 6.04 Å². The van der Waals surface area contributed by atoms with Crippen LogP contribution in [0.4, 0.5) is 0 Å². The standard InChI is InChI=1S/C23H34N4O/c1-18(2)26-11-6-12-27(14-13-26)23(28)19-7-8-22-21(15-19)20(16-24-22)17-25-9-4-3-5-10-25/h7-8,15-16,18,24H,3-6,9-14,17H2,1-2H3. The molecule has 5 nitrogen and oxygen atoms in total. The van der Waals surface area contributed by atoms with Gasteiger partial charge >= 0.3 is 0 Å².